The van der Waals surface area contributed by atoms with E-state index < -0.39 is 0 Å². The van der Waals surface area contributed by atoms with E-state index in [2.05, 4.69) is 22.3 Å². The molecule has 1 unspecified atom stereocenters. The summed E-state index contributed by atoms with van der Waals surface area (Å²) in [5.74, 6) is 2.58. The van der Waals surface area contributed by atoms with Crippen molar-refractivity contribution >= 4 is 5.69 Å². The molecule has 3 rings (SSSR count). The van der Waals surface area contributed by atoms with Crippen LogP contribution < -0.4 is 5.32 Å². The van der Waals surface area contributed by atoms with E-state index >= 15 is 0 Å². The molecular formula is C15H16N4O. The van der Waals surface area contributed by atoms with E-state index in [0.29, 0.717) is 0 Å². The van der Waals surface area contributed by atoms with E-state index in [1.807, 2.05) is 43.5 Å². The van der Waals surface area contributed by atoms with Crippen LogP contribution in [0, 0.1) is 6.92 Å². The molecule has 0 aliphatic rings. The minimum Gasteiger partial charge on any atom is -0.464 e. The summed E-state index contributed by atoms with van der Waals surface area (Å²) in [6.45, 7) is 3.99. The van der Waals surface area contributed by atoms with E-state index in [9.17, 15) is 0 Å². The van der Waals surface area contributed by atoms with Crippen molar-refractivity contribution in [1.29, 1.82) is 0 Å². The van der Waals surface area contributed by atoms with Gasteiger partial charge in [-0.2, -0.15) is 5.10 Å². The van der Waals surface area contributed by atoms with Crippen LogP contribution in [0.1, 0.15) is 24.5 Å². The number of nitrogens with one attached hydrogen (secondary N) is 1. The normalized spacial score (nSPS) is 12.3. The monoisotopic (exact) mass is 268 g/mol. The first kappa shape index (κ1) is 12.5. The highest BCUT2D eigenvalue weighted by atomic mass is 16.3. The second kappa shape index (κ2) is 5.21. The largest absolute Gasteiger partial charge is 0.464 e. The van der Waals surface area contributed by atoms with Crippen molar-refractivity contribution < 1.29 is 4.42 Å². The number of anilines is 1. The predicted molar refractivity (Wildman–Crippen MR) is 76.8 cm³/mol. The van der Waals surface area contributed by atoms with Crippen molar-refractivity contribution in [2.45, 2.75) is 19.9 Å². The lowest BCUT2D eigenvalue weighted by Crippen LogP contribution is -2.10. The molecule has 1 atom stereocenters. The van der Waals surface area contributed by atoms with Crippen molar-refractivity contribution in [1.82, 2.24) is 14.8 Å². The molecule has 0 aliphatic heterocycles. The van der Waals surface area contributed by atoms with Crippen LogP contribution in [0.3, 0.4) is 0 Å². The zero-order valence-corrected chi connectivity index (χ0v) is 11.4. The molecule has 5 nitrogen and oxygen atoms in total. The number of furan rings is 1. The summed E-state index contributed by atoms with van der Waals surface area (Å²) < 4.78 is 7.38. The fourth-order valence-electron chi connectivity index (χ4n) is 2.08. The van der Waals surface area contributed by atoms with Gasteiger partial charge < -0.3 is 9.73 Å². The Labute approximate surface area is 117 Å². The molecule has 0 bridgehead atoms. The van der Waals surface area contributed by atoms with E-state index in [1.165, 1.54) is 0 Å². The molecule has 0 radical (unpaired) electrons. The summed E-state index contributed by atoms with van der Waals surface area (Å²) >= 11 is 0. The molecular weight excluding hydrogens is 252 g/mol. The highest BCUT2D eigenvalue weighted by Crippen LogP contribution is 2.24. The maximum atomic E-state index is 5.64. The molecule has 0 aromatic carbocycles. The van der Waals surface area contributed by atoms with Crippen LogP contribution in [0.2, 0.25) is 0 Å². The van der Waals surface area contributed by atoms with E-state index in [0.717, 1.165) is 23.0 Å². The second-order valence-corrected chi connectivity index (χ2v) is 4.64. The Morgan fingerprint density at radius 1 is 1.20 bits per heavy atom. The van der Waals surface area contributed by atoms with Gasteiger partial charge in [0.05, 0.1) is 11.7 Å². The third-order valence-corrected chi connectivity index (χ3v) is 3.07. The zero-order valence-electron chi connectivity index (χ0n) is 11.4. The number of rotatable bonds is 4. The first-order chi connectivity index (χ1) is 9.74. The minimum atomic E-state index is 0.0576. The summed E-state index contributed by atoms with van der Waals surface area (Å²) in [4.78, 5) is 4.38. The molecule has 0 saturated carbocycles. The van der Waals surface area contributed by atoms with E-state index in [1.54, 1.807) is 17.1 Å². The number of aryl methyl sites for hydroxylation is 1. The standard InChI is InChI=1S/C15H16N4O/c1-11-6-7-14(20-11)12(2)18-13-5-3-8-16-15(13)19-10-4-9-17-19/h3-10,12,18H,1-2H3. The third-order valence-electron chi connectivity index (χ3n) is 3.07. The van der Waals surface area contributed by atoms with Crippen LogP contribution in [-0.2, 0) is 0 Å². The quantitative estimate of drug-likeness (QED) is 0.788. The maximum absolute atomic E-state index is 5.64. The Hall–Kier alpha value is -2.56. The van der Waals surface area contributed by atoms with Gasteiger partial charge in [-0.25, -0.2) is 9.67 Å². The fourth-order valence-corrected chi connectivity index (χ4v) is 2.08. The van der Waals surface area contributed by atoms with Crippen molar-refractivity contribution in [3.8, 4) is 5.82 Å². The Balaban J connectivity index is 1.88. The third kappa shape index (κ3) is 2.42. The molecule has 5 heteroatoms. The van der Waals surface area contributed by atoms with E-state index in [4.69, 9.17) is 4.42 Å². The van der Waals surface area contributed by atoms with Crippen LogP contribution >= 0.6 is 0 Å². The Morgan fingerprint density at radius 3 is 2.80 bits per heavy atom. The number of nitrogens with zero attached hydrogens (tertiary/aromatic N) is 3. The van der Waals surface area contributed by atoms with Gasteiger partial charge in [-0.05, 0) is 44.2 Å². The van der Waals surface area contributed by atoms with Crippen molar-refractivity contribution in [3.63, 3.8) is 0 Å². The Morgan fingerprint density at radius 2 is 2.10 bits per heavy atom. The molecule has 0 saturated heterocycles. The molecule has 3 heterocycles. The molecule has 0 spiro atoms. The first-order valence-electron chi connectivity index (χ1n) is 6.52. The maximum Gasteiger partial charge on any atom is 0.176 e. The lowest BCUT2D eigenvalue weighted by atomic mass is 10.2. The molecule has 1 N–H and O–H groups in total. The summed E-state index contributed by atoms with van der Waals surface area (Å²) in [6.07, 6.45) is 5.36. The zero-order chi connectivity index (χ0) is 13.9. The number of pyridine rings is 1. The summed E-state index contributed by atoms with van der Waals surface area (Å²) in [7, 11) is 0. The van der Waals surface area contributed by atoms with Gasteiger partial charge in [-0.15, -0.1) is 0 Å². The Kier molecular flexibility index (Phi) is 3.25. The molecule has 3 aromatic rings. The number of hydrogen-bond donors (Lipinski definition) is 1. The summed E-state index contributed by atoms with van der Waals surface area (Å²) in [5.41, 5.74) is 0.915. The van der Waals surface area contributed by atoms with Crippen LogP contribution in [-0.4, -0.2) is 14.8 Å². The molecule has 0 amide bonds. The SMILES string of the molecule is Cc1ccc(C(C)Nc2cccnc2-n2cccn2)o1. The predicted octanol–water partition coefficient (Wildman–Crippen LogP) is 3.34. The number of hydrogen-bond acceptors (Lipinski definition) is 4. The van der Waals surface area contributed by atoms with Gasteiger partial charge in [0.25, 0.3) is 0 Å². The van der Waals surface area contributed by atoms with Crippen molar-refractivity contribution in [2.24, 2.45) is 0 Å². The molecule has 20 heavy (non-hydrogen) atoms. The van der Waals surface area contributed by atoms with Gasteiger partial charge >= 0.3 is 0 Å². The molecule has 102 valence electrons. The number of aromatic nitrogens is 3. The lowest BCUT2D eigenvalue weighted by Gasteiger charge is -2.15. The topological polar surface area (TPSA) is 55.9 Å². The van der Waals surface area contributed by atoms with Gasteiger partial charge in [-0.1, -0.05) is 0 Å². The van der Waals surface area contributed by atoms with Crippen molar-refractivity contribution in [2.75, 3.05) is 5.32 Å². The van der Waals surface area contributed by atoms with Crippen LogP contribution in [0.4, 0.5) is 5.69 Å². The van der Waals surface area contributed by atoms with E-state index in [-0.39, 0.29) is 6.04 Å². The average Bonchev–Trinajstić information content (AvgIpc) is 3.10. The summed E-state index contributed by atoms with van der Waals surface area (Å²) in [6, 6.07) is 9.76. The minimum absolute atomic E-state index is 0.0576. The summed E-state index contributed by atoms with van der Waals surface area (Å²) in [5, 5.41) is 7.63. The van der Waals surface area contributed by atoms with Gasteiger partial charge in [0.2, 0.25) is 0 Å². The molecule has 0 aliphatic carbocycles. The lowest BCUT2D eigenvalue weighted by molar-refractivity contribution is 0.467. The first-order valence-corrected chi connectivity index (χ1v) is 6.52. The highest BCUT2D eigenvalue weighted by Gasteiger charge is 2.13. The van der Waals surface area contributed by atoms with Crippen LogP contribution in [0.5, 0.6) is 0 Å². The average molecular weight is 268 g/mol. The van der Waals surface area contributed by atoms with Gasteiger partial charge in [0, 0.05) is 18.6 Å². The molecule has 0 fully saturated rings. The molecule has 3 aromatic heterocycles. The highest BCUT2D eigenvalue weighted by molar-refractivity contribution is 5.57. The van der Waals surface area contributed by atoms with Gasteiger partial charge in [-0.3, -0.25) is 0 Å². The van der Waals surface area contributed by atoms with Gasteiger partial charge in [0.15, 0.2) is 5.82 Å². The second-order valence-electron chi connectivity index (χ2n) is 4.64. The van der Waals surface area contributed by atoms with Crippen LogP contribution in [0.25, 0.3) is 5.82 Å². The van der Waals surface area contributed by atoms with Crippen LogP contribution in [0.15, 0.2) is 53.3 Å². The Bertz CT molecular complexity index is 687. The fraction of sp³-hybridized carbons (Fsp3) is 0.200. The van der Waals surface area contributed by atoms with Gasteiger partial charge in [0.1, 0.15) is 11.5 Å². The smallest absolute Gasteiger partial charge is 0.176 e. The van der Waals surface area contributed by atoms with Crippen molar-refractivity contribution in [3.05, 3.63) is 60.4 Å².